The molecule has 0 unspecified atom stereocenters. The summed E-state index contributed by atoms with van der Waals surface area (Å²) in [5.41, 5.74) is 0.301. The van der Waals surface area contributed by atoms with Crippen LogP contribution < -0.4 is 0 Å². The van der Waals surface area contributed by atoms with Gasteiger partial charge in [0.1, 0.15) is 11.6 Å². The van der Waals surface area contributed by atoms with E-state index in [9.17, 15) is 17.6 Å². The van der Waals surface area contributed by atoms with Crippen LogP contribution in [-0.2, 0) is 9.47 Å². The molecule has 1 fully saturated rings. The van der Waals surface area contributed by atoms with Crippen molar-refractivity contribution in [2.75, 3.05) is 13.2 Å². The molecule has 0 N–H and O–H groups in total. The lowest BCUT2D eigenvalue weighted by Crippen LogP contribution is -2.27. The summed E-state index contributed by atoms with van der Waals surface area (Å²) in [4.78, 5) is 0. The van der Waals surface area contributed by atoms with Crippen LogP contribution in [0.3, 0.4) is 0 Å². The number of ether oxygens (including phenoxy) is 2. The van der Waals surface area contributed by atoms with Gasteiger partial charge < -0.3 is 9.47 Å². The quantitative estimate of drug-likeness (QED) is 0.362. The van der Waals surface area contributed by atoms with Crippen LogP contribution in [-0.4, -0.2) is 13.2 Å². The highest BCUT2D eigenvalue weighted by Gasteiger charge is 2.25. The van der Waals surface area contributed by atoms with E-state index >= 15 is 0 Å². The average Bonchev–Trinajstić information content (AvgIpc) is 2.76. The van der Waals surface area contributed by atoms with Gasteiger partial charge in [-0.3, -0.25) is 0 Å². The molecule has 0 aliphatic carbocycles. The first-order chi connectivity index (χ1) is 15.0. The average molecular weight is 428 g/mol. The molecule has 1 saturated heterocycles. The summed E-state index contributed by atoms with van der Waals surface area (Å²) in [6.45, 7) is 3.04. The summed E-state index contributed by atoms with van der Waals surface area (Å²) < 4.78 is 67.5. The van der Waals surface area contributed by atoms with Gasteiger partial charge in [0, 0.05) is 22.4 Å². The topological polar surface area (TPSA) is 18.5 Å². The summed E-state index contributed by atoms with van der Waals surface area (Å²) in [5, 5.41) is 0.552. The van der Waals surface area contributed by atoms with E-state index < -0.39 is 29.6 Å². The molecule has 0 atom stereocenters. The van der Waals surface area contributed by atoms with E-state index in [1.54, 1.807) is 0 Å². The van der Waals surface area contributed by atoms with Gasteiger partial charge in [0.2, 0.25) is 0 Å². The monoisotopic (exact) mass is 428 g/mol. The second kappa shape index (κ2) is 9.09. The van der Waals surface area contributed by atoms with Crippen molar-refractivity contribution in [3.05, 3.63) is 82.4 Å². The third kappa shape index (κ3) is 4.58. The zero-order valence-corrected chi connectivity index (χ0v) is 16.9. The molecule has 31 heavy (non-hydrogen) atoms. The summed E-state index contributed by atoms with van der Waals surface area (Å²) in [5.74, 6) is 1.93. The van der Waals surface area contributed by atoms with Crippen molar-refractivity contribution in [1.82, 2.24) is 0 Å². The lowest BCUT2D eigenvalue weighted by atomic mass is 10.0. The van der Waals surface area contributed by atoms with Crippen molar-refractivity contribution in [2.24, 2.45) is 5.92 Å². The molecule has 3 aromatic rings. The summed E-state index contributed by atoms with van der Waals surface area (Å²) in [6, 6.07) is 9.16. The SMILES string of the molecule is CCCC1COC(c2cc(F)c(C#Cc3ccc4c(F)c(F)ccc4c3)c(F)c2)OC1. The van der Waals surface area contributed by atoms with Gasteiger partial charge in [0.25, 0.3) is 0 Å². The third-order valence-electron chi connectivity index (χ3n) is 5.24. The van der Waals surface area contributed by atoms with Crippen LogP contribution in [0.2, 0.25) is 0 Å². The van der Waals surface area contributed by atoms with E-state index in [1.807, 2.05) is 0 Å². The molecule has 2 nitrogen and oxygen atoms in total. The zero-order chi connectivity index (χ0) is 22.0. The summed E-state index contributed by atoms with van der Waals surface area (Å²) in [6.07, 6.45) is 1.18. The minimum Gasteiger partial charge on any atom is -0.348 e. The number of halogens is 4. The van der Waals surface area contributed by atoms with Gasteiger partial charge in [-0.15, -0.1) is 0 Å². The number of hydrogen-bond acceptors (Lipinski definition) is 2. The Morgan fingerprint density at radius 1 is 0.871 bits per heavy atom. The van der Waals surface area contributed by atoms with Gasteiger partial charge in [-0.25, -0.2) is 17.6 Å². The van der Waals surface area contributed by atoms with Gasteiger partial charge in [0.15, 0.2) is 17.9 Å². The predicted octanol–water partition coefficient (Wildman–Crippen LogP) is 6.26. The maximum absolute atomic E-state index is 14.6. The largest absolute Gasteiger partial charge is 0.348 e. The Kier molecular flexibility index (Phi) is 6.26. The van der Waals surface area contributed by atoms with E-state index in [-0.39, 0.29) is 22.4 Å². The summed E-state index contributed by atoms with van der Waals surface area (Å²) >= 11 is 0. The van der Waals surface area contributed by atoms with Crippen molar-refractivity contribution >= 4 is 10.8 Å². The first-order valence-corrected chi connectivity index (χ1v) is 10.1. The fourth-order valence-corrected chi connectivity index (χ4v) is 3.64. The maximum Gasteiger partial charge on any atom is 0.184 e. The van der Waals surface area contributed by atoms with Crippen LogP contribution in [0, 0.1) is 41.0 Å². The smallest absolute Gasteiger partial charge is 0.184 e. The molecule has 0 radical (unpaired) electrons. The molecular formula is C25H20F4O2. The Morgan fingerprint density at radius 3 is 2.26 bits per heavy atom. The normalized spacial score (nSPS) is 18.6. The van der Waals surface area contributed by atoms with E-state index in [0.29, 0.717) is 24.2 Å². The first-order valence-electron chi connectivity index (χ1n) is 10.1. The van der Waals surface area contributed by atoms with Gasteiger partial charge in [-0.05, 0) is 42.1 Å². The fourth-order valence-electron chi connectivity index (χ4n) is 3.64. The highest BCUT2D eigenvalue weighted by atomic mass is 19.2. The van der Waals surface area contributed by atoms with Crippen LogP contribution in [0.4, 0.5) is 17.6 Å². The molecule has 0 amide bonds. The zero-order valence-electron chi connectivity index (χ0n) is 16.9. The van der Waals surface area contributed by atoms with Gasteiger partial charge in [-0.2, -0.15) is 0 Å². The van der Waals surface area contributed by atoms with Crippen molar-refractivity contribution in [3.8, 4) is 11.8 Å². The Hall–Kier alpha value is -2.88. The number of hydrogen-bond donors (Lipinski definition) is 0. The molecule has 160 valence electrons. The highest BCUT2D eigenvalue weighted by molar-refractivity contribution is 5.84. The Labute approximate surface area is 177 Å². The van der Waals surface area contributed by atoms with Crippen LogP contribution in [0.15, 0.2) is 42.5 Å². The van der Waals surface area contributed by atoms with Crippen molar-refractivity contribution in [2.45, 2.75) is 26.1 Å². The van der Waals surface area contributed by atoms with E-state index in [2.05, 4.69) is 18.8 Å². The van der Waals surface area contributed by atoms with Crippen molar-refractivity contribution in [3.63, 3.8) is 0 Å². The third-order valence-corrected chi connectivity index (χ3v) is 5.24. The second-order valence-electron chi connectivity index (χ2n) is 7.56. The van der Waals surface area contributed by atoms with E-state index in [4.69, 9.17) is 9.47 Å². The molecule has 1 aliphatic rings. The molecule has 1 aliphatic heterocycles. The molecule has 4 rings (SSSR count). The highest BCUT2D eigenvalue weighted by Crippen LogP contribution is 2.29. The number of fused-ring (bicyclic) bond motifs is 1. The van der Waals surface area contributed by atoms with Crippen molar-refractivity contribution in [1.29, 1.82) is 0 Å². The molecule has 3 aromatic carbocycles. The first kappa shape index (κ1) is 21.4. The Balaban J connectivity index is 1.56. The lowest BCUT2D eigenvalue weighted by molar-refractivity contribution is -0.206. The van der Waals surface area contributed by atoms with Gasteiger partial charge in [0.05, 0.1) is 18.8 Å². The van der Waals surface area contributed by atoms with Crippen LogP contribution in [0.1, 0.15) is 42.7 Å². The second-order valence-corrected chi connectivity index (χ2v) is 7.56. The molecule has 0 bridgehead atoms. The summed E-state index contributed by atoms with van der Waals surface area (Å²) in [7, 11) is 0. The Morgan fingerprint density at radius 2 is 1.58 bits per heavy atom. The molecule has 0 saturated carbocycles. The van der Waals surface area contributed by atoms with E-state index in [0.717, 1.165) is 31.0 Å². The van der Waals surface area contributed by atoms with Gasteiger partial charge >= 0.3 is 0 Å². The van der Waals surface area contributed by atoms with Crippen LogP contribution in [0.5, 0.6) is 0 Å². The Bertz CT molecular complexity index is 1150. The minimum atomic E-state index is -0.946. The van der Waals surface area contributed by atoms with Crippen LogP contribution in [0.25, 0.3) is 10.8 Å². The standard InChI is InChI=1S/C25H20F4O2/c1-2-3-16-13-30-25(31-14-16)18-11-22(27)20(23(28)12-18)8-5-15-4-7-19-17(10-15)6-9-21(26)24(19)29/h4,6-7,9-12,16,25H,2-3,13-14H2,1H3. The molecule has 0 aromatic heterocycles. The van der Waals surface area contributed by atoms with Gasteiger partial charge in [-0.1, -0.05) is 37.3 Å². The number of rotatable bonds is 3. The number of benzene rings is 3. The molecule has 1 heterocycles. The lowest BCUT2D eigenvalue weighted by Gasteiger charge is -2.29. The molecule has 6 heteroatoms. The molecular weight excluding hydrogens is 408 g/mol. The maximum atomic E-state index is 14.6. The molecule has 0 spiro atoms. The van der Waals surface area contributed by atoms with Crippen molar-refractivity contribution < 1.29 is 27.0 Å². The van der Waals surface area contributed by atoms with E-state index in [1.165, 1.54) is 24.3 Å². The fraction of sp³-hybridized carbons (Fsp3) is 0.280. The predicted molar refractivity (Wildman–Crippen MR) is 109 cm³/mol. The van der Waals surface area contributed by atoms with Crippen LogP contribution >= 0.6 is 0 Å². The minimum absolute atomic E-state index is 0.112.